The van der Waals surface area contributed by atoms with Crippen molar-refractivity contribution in [2.75, 3.05) is 11.9 Å². The van der Waals surface area contributed by atoms with Crippen LogP contribution in [0.4, 0.5) is 5.69 Å². The van der Waals surface area contributed by atoms with Gasteiger partial charge in [0.25, 0.3) is 0 Å². The molecule has 1 N–H and O–H groups in total. The van der Waals surface area contributed by atoms with Gasteiger partial charge in [0, 0.05) is 5.92 Å². The van der Waals surface area contributed by atoms with Crippen molar-refractivity contribution in [3.05, 3.63) is 24.3 Å². The fourth-order valence-corrected chi connectivity index (χ4v) is 1.79. The fourth-order valence-electron chi connectivity index (χ4n) is 1.79. The van der Waals surface area contributed by atoms with Crippen LogP contribution in [0.15, 0.2) is 24.3 Å². The van der Waals surface area contributed by atoms with Gasteiger partial charge in [-0.3, -0.25) is 4.79 Å². The molecule has 0 saturated carbocycles. The van der Waals surface area contributed by atoms with Crippen LogP contribution in [0.3, 0.4) is 0 Å². The van der Waals surface area contributed by atoms with Gasteiger partial charge in [0.15, 0.2) is 11.9 Å². The Labute approximate surface area is 95.8 Å². The molecule has 2 rings (SSSR count). The van der Waals surface area contributed by atoms with Gasteiger partial charge in [-0.15, -0.1) is 0 Å². The lowest BCUT2D eigenvalue weighted by atomic mass is 9.98. The van der Waals surface area contributed by atoms with Crippen LogP contribution in [-0.2, 0) is 4.79 Å². The van der Waals surface area contributed by atoms with E-state index in [9.17, 15) is 4.79 Å². The van der Waals surface area contributed by atoms with Crippen molar-refractivity contribution in [2.45, 2.75) is 26.4 Å². The van der Waals surface area contributed by atoms with E-state index in [2.05, 4.69) is 5.32 Å². The minimum atomic E-state index is -0.343. The summed E-state index contributed by atoms with van der Waals surface area (Å²) in [7, 11) is 0. The van der Waals surface area contributed by atoms with E-state index in [-0.39, 0.29) is 17.8 Å². The maximum absolute atomic E-state index is 12.0. The summed E-state index contributed by atoms with van der Waals surface area (Å²) in [5.41, 5.74) is 0.968. The van der Waals surface area contributed by atoms with Crippen molar-refractivity contribution in [1.82, 2.24) is 0 Å². The van der Waals surface area contributed by atoms with Crippen molar-refractivity contribution in [2.24, 2.45) is 5.92 Å². The smallest absolute Gasteiger partial charge is 0.177 e. The summed E-state index contributed by atoms with van der Waals surface area (Å²) < 4.78 is 5.70. The molecule has 0 amide bonds. The zero-order valence-electron chi connectivity index (χ0n) is 9.69. The third-order valence-corrected chi connectivity index (χ3v) is 3.05. The predicted octanol–water partition coefficient (Wildman–Crippen LogP) is 2.47. The molecule has 0 spiro atoms. The first-order chi connectivity index (χ1) is 7.72. The second kappa shape index (κ2) is 4.56. The Morgan fingerprint density at radius 3 is 3.06 bits per heavy atom. The molecule has 2 unspecified atom stereocenters. The van der Waals surface area contributed by atoms with E-state index in [0.29, 0.717) is 6.54 Å². The minimum absolute atomic E-state index is 0.0667. The summed E-state index contributed by atoms with van der Waals surface area (Å²) in [4.78, 5) is 12.0. The number of carbonyl (C=O) groups excluding carboxylic acids is 1. The molecule has 0 aromatic heterocycles. The van der Waals surface area contributed by atoms with Crippen LogP contribution in [0.25, 0.3) is 0 Å². The number of benzene rings is 1. The number of fused-ring (bicyclic) bond motifs is 1. The Balaban J connectivity index is 2.11. The van der Waals surface area contributed by atoms with Crippen molar-refractivity contribution in [1.29, 1.82) is 0 Å². The van der Waals surface area contributed by atoms with E-state index in [1.165, 1.54) is 0 Å². The summed E-state index contributed by atoms with van der Waals surface area (Å²) in [5, 5.41) is 3.23. The number of ether oxygens (including phenoxy) is 1. The molecule has 0 aliphatic carbocycles. The Kier molecular flexibility index (Phi) is 3.13. The van der Waals surface area contributed by atoms with Crippen LogP contribution in [0.2, 0.25) is 0 Å². The number of nitrogens with one attached hydrogen (secondary N) is 1. The van der Waals surface area contributed by atoms with Gasteiger partial charge in [0.05, 0.1) is 12.2 Å². The van der Waals surface area contributed by atoms with Gasteiger partial charge in [0.2, 0.25) is 0 Å². The fraction of sp³-hybridized carbons (Fsp3) is 0.462. The van der Waals surface area contributed by atoms with Crippen molar-refractivity contribution in [3.63, 3.8) is 0 Å². The summed E-state index contributed by atoms with van der Waals surface area (Å²) >= 11 is 0. The average Bonchev–Trinajstić information content (AvgIpc) is 2.36. The second-order valence-corrected chi connectivity index (χ2v) is 4.20. The molecule has 0 bridgehead atoms. The first kappa shape index (κ1) is 11.0. The largest absolute Gasteiger partial charge is 0.479 e. The summed E-state index contributed by atoms with van der Waals surface area (Å²) in [5.74, 6) is 1.02. The summed E-state index contributed by atoms with van der Waals surface area (Å²) in [6.07, 6.45) is 0.519. The molecule has 0 fully saturated rings. The maximum atomic E-state index is 12.0. The molecule has 1 aliphatic heterocycles. The molecule has 3 heteroatoms. The quantitative estimate of drug-likeness (QED) is 0.848. The molecule has 2 atom stereocenters. The molecule has 0 saturated heterocycles. The van der Waals surface area contributed by atoms with Crippen LogP contribution >= 0.6 is 0 Å². The van der Waals surface area contributed by atoms with Gasteiger partial charge in [-0.2, -0.15) is 0 Å². The number of hydrogen-bond donors (Lipinski definition) is 1. The molecule has 16 heavy (non-hydrogen) atoms. The standard InChI is InChI=1S/C13H17NO2/c1-3-9(2)13(15)12-8-14-10-6-4-5-7-11(10)16-12/h4-7,9,12,14H,3,8H2,1-2H3. The van der Waals surface area contributed by atoms with Crippen LogP contribution < -0.4 is 10.1 Å². The SMILES string of the molecule is CCC(C)C(=O)C1CNc2ccccc2O1. The Morgan fingerprint density at radius 1 is 1.56 bits per heavy atom. The van der Waals surface area contributed by atoms with Crippen LogP contribution in [0.1, 0.15) is 20.3 Å². The van der Waals surface area contributed by atoms with Gasteiger partial charge < -0.3 is 10.1 Å². The number of para-hydroxylation sites is 2. The van der Waals surface area contributed by atoms with Crippen molar-refractivity contribution >= 4 is 11.5 Å². The van der Waals surface area contributed by atoms with Gasteiger partial charge >= 0.3 is 0 Å². The van der Waals surface area contributed by atoms with Gasteiger partial charge in [-0.05, 0) is 18.6 Å². The van der Waals surface area contributed by atoms with Crippen molar-refractivity contribution < 1.29 is 9.53 Å². The lowest BCUT2D eigenvalue weighted by Gasteiger charge is -2.27. The van der Waals surface area contributed by atoms with Crippen LogP contribution in [0, 0.1) is 5.92 Å². The first-order valence-corrected chi connectivity index (χ1v) is 5.75. The highest BCUT2D eigenvalue weighted by Crippen LogP contribution is 2.29. The van der Waals surface area contributed by atoms with Crippen LogP contribution in [-0.4, -0.2) is 18.4 Å². The molecule has 1 aromatic rings. The normalized spacial score (nSPS) is 20.2. The maximum Gasteiger partial charge on any atom is 0.177 e. The monoisotopic (exact) mass is 219 g/mol. The summed E-state index contributed by atoms with van der Waals surface area (Å²) in [6.45, 7) is 4.54. The third-order valence-electron chi connectivity index (χ3n) is 3.05. The van der Waals surface area contributed by atoms with Gasteiger partial charge in [-0.1, -0.05) is 26.0 Å². The number of hydrogen-bond acceptors (Lipinski definition) is 3. The number of ketones is 1. The van der Waals surface area contributed by atoms with Gasteiger partial charge in [-0.25, -0.2) is 0 Å². The van der Waals surface area contributed by atoms with Gasteiger partial charge in [0.1, 0.15) is 5.75 Å². The van der Waals surface area contributed by atoms with E-state index in [4.69, 9.17) is 4.74 Å². The van der Waals surface area contributed by atoms with E-state index in [0.717, 1.165) is 17.9 Å². The first-order valence-electron chi connectivity index (χ1n) is 5.75. The number of rotatable bonds is 3. The molecule has 86 valence electrons. The van der Waals surface area contributed by atoms with E-state index >= 15 is 0 Å². The van der Waals surface area contributed by atoms with Crippen LogP contribution in [0.5, 0.6) is 5.75 Å². The highest BCUT2D eigenvalue weighted by atomic mass is 16.5. The predicted molar refractivity (Wildman–Crippen MR) is 63.8 cm³/mol. The molecule has 3 nitrogen and oxygen atoms in total. The van der Waals surface area contributed by atoms with E-state index < -0.39 is 0 Å². The molecule has 1 aliphatic rings. The summed E-state index contributed by atoms with van der Waals surface area (Å²) in [6, 6.07) is 7.71. The zero-order chi connectivity index (χ0) is 11.5. The minimum Gasteiger partial charge on any atom is -0.479 e. The molecule has 1 aromatic carbocycles. The Bertz CT molecular complexity index is 389. The second-order valence-electron chi connectivity index (χ2n) is 4.20. The van der Waals surface area contributed by atoms with E-state index in [1.807, 2.05) is 38.1 Å². The average molecular weight is 219 g/mol. The molecule has 0 radical (unpaired) electrons. The lowest BCUT2D eigenvalue weighted by molar-refractivity contribution is -0.129. The number of anilines is 1. The highest BCUT2D eigenvalue weighted by molar-refractivity contribution is 5.86. The lowest BCUT2D eigenvalue weighted by Crippen LogP contribution is -2.40. The highest BCUT2D eigenvalue weighted by Gasteiger charge is 2.28. The van der Waals surface area contributed by atoms with E-state index in [1.54, 1.807) is 0 Å². The van der Waals surface area contributed by atoms with Crippen molar-refractivity contribution in [3.8, 4) is 5.75 Å². The topological polar surface area (TPSA) is 38.3 Å². The molecular formula is C13H17NO2. The molecule has 1 heterocycles. The Morgan fingerprint density at radius 2 is 2.31 bits per heavy atom. The third kappa shape index (κ3) is 2.03. The number of Topliss-reactive ketones (excluding diaryl/α,β-unsaturated/α-hetero) is 1. The number of carbonyl (C=O) groups is 1. The zero-order valence-corrected chi connectivity index (χ0v) is 9.69. The molecular weight excluding hydrogens is 202 g/mol. The Hall–Kier alpha value is -1.51.